The monoisotopic (exact) mass is 697 g/mol. The van der Waals surface area contributed by atoms with Crippen LogP contribution >= 0.6 is 0 Å². The molecule has 0 amide bonds. The summed E-state index contributed by atoms with van der Waals surface area (Å²) in [6, 6.07) is 27.1. The van der Waals surface area contributed by atoms with Crippen molar-refractivity contribution in [3.8, 4) is 0 Å². The maximum Gasteiger partial charge on any atom is 1.00 e. The van der Waals surface area contributed by atoms with Crippen molar-refractivity contribution in [2.45, 2.75) is 9.79 Å². The summed E-state index contributed by atoms with van der Waals surface area (Å²) in [4.78, 5) is 11.8. The Kier molecular flexibility index (Phi) is 11.9. The fraction of sp³-hybridized carbons (Fsp3) is 0. The summed E-state index contributed by atoms with van der Waals surface area (Å²) in [5.41, 5.74) is 5.42. The van der Waals surface area contributed by atoms with Crippen molar-refractivity contribution >= 4 is 77.0 Å². The summed E-state index contributed by atoms with van der Waals surface area (Å²) < 4.78 is 70.5. The number of anilines is 3. The van der Waals surface area contributed by atoms with Crippen LogP contribution in [0.15, 0.2) is 134 Å². The molecule has 0 spiro atoms. The number of fused-ring (bicyclic) bond motifs is 2. The predicted octanol–water partition coefficient (Wildman–Crippen LogP) is 0.227. The summed E-state index contributed by atoms with van der Waals surface area (Å²) in [5.74, 6) is -0.420. The molecule has 230 valence electrons. The number of hydrogen-bond acceptors (Lipinski definition) is 12. The number of azo groups is 1. The van der Waals surface area contributed by atoms with Crippen LogP contribution in [0.2, 0.25) is 0 Å². The van der Waals surface area contributed by atoms with Crippen LogP contribution in [-0.2, 0) is 25.0 Å². The van der Waals surface area contributed by atoms with E-state index in [4.69, 9.17) is 0 Å². The molecule has 1 aliphatic rings. The Morgan fingerprint density at radius 2 is 1.33 bits per heavy atom. The average Bonchev–Trinajstić information content (AvgIpc) is 3.03. The summed E-state index contributed by atoms with van der Waals surface area (Å²) in [5, 5.41) is 17.0. The Hall–Kier alpha value is -3.54. The maximum atomic E-state index is 12.7. The van der Waals surface area contributed by atoms with Gasteiger partial charge in [0.15, 0.2) is 0 Å². The Labute approximate surface area is 320 Å². The first-order valence-electron chi connectivity index (χ1n) is 13.5. The number of nitrogens with zero attached hydrogens (tertiary/aromatic N) is 3. The molecule has 12 nitrogen and oxygen atoms in total. The first-order chi connectivity index (χ1) is 22.0. The number of benzene rings is 5. The van der Waals surface area contributed by atoms with E-state index in [9.17, 15) is 30.7 Å². The molecular weight excluding hydrogens is 676 g/mol. The second kappa shape index (κ2) is 15.3. The minimum absolute atomic E-state index is 0. The SMILES string of the molecule is O=C1C=Cc2cc(S(=O)(=O)[O-])ccc2/C1=N/Nc1ccc(N=Nc2ccc(Nc3ccccc3)c(S(=O)(=O)[O-])c2)c2ccccc12.[Na+].[Na+]. The van der Waals surface area contributed by atoms with Crippen LogP contribution < -0.4 is 69.9 Å². The topological polar surface area (TPSA) is 193 Å². The Balaban J connectivity index is 0.00000260. The zero-order chi connectivity index (χ0) is 32.5. The third-order valence-corrected chi connectivity index (χ3v) is 8.67. The molecule has 0 fully saturated rings. The second-order valence-corrected chi connectivity index (χ2v) is 12.7. The van der Waals surface area contributed by atoms with Gasteiger partial charge in [0.1, 0.15) is 25.9 Å². The van der Waals surface area contributed by atoms with Gasteiger partial charge in [0.25, 0.3) is 0 Å². The summed E-state index contributed by atoms with van der Waals surface area (Å²) in [6.07, 6.45) is 2.66. The maximum absolute atomic E-state index is 12.7. The number of nitrogens with one attached hydrogen (secondary N) is 2. The second-order valence-electron chi connectivity index (χ2n) is 9.98. The van der Waals surface area contributed by atoms with Gasteiger partial charge in [-0.05, 0) is 66.2 Å². The number of ketones is 1. The van der Waals surface area contributed by atoms with E-state index in [2.05, 4.69) is 26.1 Å². The first-order valence-corrected chi connectivity index (χ1v) is 16.3. The van der Waals surface area contributed by atoms with Gasteiger partial charge in [-0.25, -0.2) is 16.8 Å². The van der Waals surface area contributed by atoms with Crippen molar-refractivity contribution < 1.29 is 89.9 Å². The Morgan fingerprint density at radius 1 is 0.646 bits per heavy atom. The van der Waals surface area contributed by atoms with Crippen LogP contribution in [0.1, 0.15) is 11.1 Å². The molecule has 0 unspecified atom stereocenters. The van der Waals surface area contributed by atoms with Crippen LogP contribution in [0, 0.1) is 0 Å². The third-order valence-electron chi connectivity index (χ3n) is 6.96. The molecule has 0 heterocycles. The number of carbonyl (C=O) groups excluding carboxylic acids is 1. The number of rotatable bonds is 8. The zero-order valence-electron chi connectivity index (χ0n) is 25.5. The van der Waals surface area contributed by atoms with Crippen LogP contribution in [0.3, 0.4) is 0 Å². The molecule has 0 atom stereocenters. The standard InChI is InChI=1S/C32H23N5O7S2.2Na/c38-30-17-10-20-18-23(45(39,40)41)12-13-24(20)32(30)37-36-28-16-15-27(25-8-4-5-9-26(25)28)35-34-22-11-14-29(31(19-22)46(42,43)44)33-21-6-2-1-3-7-21;;/h1-19,33,36H,(H,39,40,41)(H,42,43,44);;/q;2*+1/p-2/b35-34?,37-32-;;. The van der Waals surface area contributed by atoms with Gasteiger partial charge in [0.2, 0.25) is 5.78 Å². The number of hydrazone groups is 1. The van der Waals surface area contributed by atoms with Crippen molar-refractivity contribution in [3.05, 3.63) is 120 Å². The normalized spacial score (nSPS) is 13.5. The van der Waals surface area contributed by atoms with Crippen LogP contribution in [0.25, 0.3) is 16.8 Å². The van der Waals surface area contributed by atoms with Crippen molar-refractivity contribution in [2.24, 2.45) is 15.3 Å². The largest absolute Gasteiger partial charge is 1.00 e. The van der Waals surface area contributed by atoms with Gasteiger partial charge in [-0.1, -0.05) is 54.6 Å². The molecule has 6 rings (SSSR count). The molecule has 0 saturated carbocycles. The van der Waals surface area contributed by atoms with Gasteiger partial charge >= 0.3 is 59.1 Å². The van der Waals surface area contributed by atoms with Crippen molar-refractivity contribution in [1.82, 2.24) is 0 Å². The van der Waals surface area contributed by atoms with Crippen molar-refractivity contribution in [1.29, 1.82) is 0 Å². The molecule has 0 saturated heterocycles. The predicted molar refractivity (Wildman–Crippen MR) is 171 cm³/mol. The molecule has 0 aliphatic heterocycles. The molecule has 5 aromatic carbocycles. The molecule has 16 heteroatoms. The van der Waals surface area contributed by atoms with Crippen LogP contribution in [-0.4, -0.2) is 37.4 Å². The number of carbonyl (C=O) groups is 1. The van der Waals surface area contributed by atoms with E-state index >= 15 is 0 Å². The van der Waals surface area contributed by atoms with Crippen LogP contribution in [0.4, 0.5) is 28.4 Å². The molecule has 0 aromatic heterocycles. The number of hydrogen-bond donors (Lipinski definition) is 2. The molecule has 1 aliphatic carbocycles. The van der Waals surface area contributed by atoms with Gasteiger partial charge in [-0.2, -0.15) is 10.2 Å². The molecular formula is C32H21N5Na2O7S2. The van der Waals surface area contributed by atoms with Crippen molar-refractivity contribution in [3.63, 3.8) is 0 Å². The minimum atomic E-state index is -4.85. The zero-order valence-corrected chi connectivity index (χ0v) is 31.1. The van der Waals surface area contributed by atoms with Gasteiger partial charge in [-0.15, -0.1) is 5.11 Å². The van der Waals surface area contributed by atoms with Gasteiger partial charge < -0.3 is 14.4 Å². The van der Waals surface area contributed by atoms with E-state index in [1.807, 2.05) is 0 Å². The average molecular weight is 698 g/mol. The first kappa shape index (κ1) is 37.3. The van der Waals surface area contributed by atoms with Gasteiger partial charge in [-0.3, -0.25) is 10.2 Å². The molecule has 5 aromatic rings. The Bertz CT molecular complexity index is 2350. The summed E-state index contributed by atoms with van der Waals surface area (Å²) in [6.45, 7) is 0. The number of para-hydroxylation sites is 1. The quantitative estimate of drug-likeness (QED) is 0.0989. The molecule has 0 radical (unpaired) electrons. The number of allylic oxidation sites excluding steroid dienone is 1. The van der Waals surface area contributed by atoms with E-state index in [0.717, 1.165) is 12.1 Å². The molecule has 0 bridgehead atoms. The molecule has 48 heavy (non-hydrogen) atoms. The summed E-state index contributed by atoms with van der Waals surface area (Å²) in [7, 11) is -9.53. The van der Waals surface area contributed by atoms with E-state index in [1.165, 1.54) is 36.4 Å². The van der Waals surface area contributed by atoms with E-state index in [0.29, 0.717) is 39.0 Å². The fourth-order valence-electron chi connectivity index (χ4n) is 4.80. The van der Waals surface area contributed by atoms with Crippen LogP contribution in [0.5, 0.6) is 0 Å². The van der Waals surface area contributed by atoms with Gasteiger partial charge in [0.05, 0.1) is 32.5 Å². The summed E-state index contributed by atoms with van der Waals surface area (Å²) >= 11 is 0. The van der Waals surface area contributed by atoms with Crippen molar-refractivity contribution in [2.75, 3.05) is 10.7 Å². The van der Waals surface area contributed by atoms with E-state index in [1.54, 1.807) is 66.7 Å². The molecule has 2 N–H and O–H groups in total. The minimum Gasteiger partial charge on any atom is -0.744 e. The fourth-order valence-corrected chi connectivity index (χ4v) is 5.96. The van der Waals surface area contributed by atoms with E-state index in [-0.39, 0.29) is 76.2 Å². The Morgan fingerprint density at radius 3 is 2.04 bits per heavy atom. The third kappa shape index (κ3) is 8.36. The van der Waals surface area contributed by atoms with E-state index < -0.39 is 35.8 Å². The smallest absolute Gasteiger partial charge is 0.744 e. The van der Waals surface area contributed by atoms with Gasteiger partial charge in [0, 0.05) is 22.0 Å².